The number of hydrogen-bond acceptors (Lipinski definition) is 4. The number of halogens is 1. The van der Waals surface area contributed by atoms with Crippen molar-refractivity contribution in [3.8, 4) is 11.3 Å². The van der Waals surface area contributed by atoms with Gasteiger partial charge in [-0.1, -0.05) is 53.2 Å². The van der Waals surface area contributed by atoms with Gasteiger partial charge >= 0.3 is 0 Å². The van der Waals surface area contributed by atoms with Crippen molar-refractivity contribution < 1.29 is 4.52 Å². The van der Waals surface area contributed by atoms with E-state index in [1.165, 1.54) is 11.1 Å². The number of nitrogens with one attached hydrogen (secondary N) is 2. The van der Waals surface area contributed by atoms with Gasteiger partial charge in [-0.2, -0.15) is 0 Å². The van der Waals surface area contributed by atoms with Crippen LogP contribution in [0.4, 0.5) is 5.69 Å². The van der Waals surface area contributed by atoms with Crippen LogP contribution in [0.15, 0.2) is 53.1 Å². The minimum Gasteiger partial charge on any atom is -0.376 e. The molecule has 128 valence electrons. The van der Waals surface area contributed by atoms with E-state index in [4.69, 9.17) is 16.1 Å². The van der Waals surface area contributed by atoms with Gasteiger partial charge < -0.3 is 15.2 Å². The highest BCUT2D eigenvalue weighted by molar-refractivity contribution is 6.33. The maximum Gasteiger partial charge on any atom is 0.156 e. The smallest absolute Gasteiger partial charge is 0.156 e. The Bertz CT molecular complexity index is 861. The molecule has 0 bridgehead atoms. The van der Waals surface area contributed by atoms with E-state index in [0.29, 0.717) is 6.54 Å². The minimum atomic E-state index is 0.559. The van der Waals surface area contributed by atoms with Gasteiger partial charge in [0, 0.05) is 11.6 Å². The van der Waals surface area contributed by atoms with Gasteiger partial charge in [0.25, 0.3) is 0 Å². The fraction of sp³-hybridized carbons (Fsp3) is 0.250. The highest BCUT2D eigenvalue weighted by atomic mass is 35.5. The van der Waals surface area contributed by atoms with Crippen molar-refractivity contribution in [2.45, 2.75) is 19.4 Å². The van der Waals surface area contributed by atoms with Gasteiger partial charge in [0.05, 0.1) is 17.3 Å². The Morgan fingerprint density at radius 3 is 2.80 bits per heavy atom. The summed E-state index contributed by atoms with van der Waals surface area (Å²) in [5.74, 6) is 0.791. The first kappa shape index (κ1) is 16.2. The van der Waals surface area contributed by atoms with E-state index in [9.17, 15) is 0 Å². The molecule has 25 heavy (non-hydrogen) atoms. The zero-order valence-electron chi connectivity index (χ0n) is 13.9. The quantitative estimate of drug-likeness (QED) is 0.734. The predicted octanol–water partition coefficient (Wildman–Crippen LogP) is 4.30. The Labute approximate surface area is 152 Å². The third-order valence-electron chi connectivity index (χ3n) is 4.55. The van der Waals surface area contributed by atoms with Gasteiger partial charge in [-0.05, 0) is 43.1 Å². The van der Waals surface area contributed by atoms with Crippen molar-refractivity contribution in [2.24, 2.45) is 0 Å². The van der Waals surface area contributed by atoms with Crippen LogP contribution in [0.1, 0.15) is 16.9 Å². The van der Waals surface area contributed by atoms with Crippen molar-refractivity contribution in [1.29, 1.82) is 0 Å². The second kappa shape index (κ2) is 7.30. The topological polar surface area (TPSA) is 50.1 Å². The van der Waals surface area contributed by atoms with Crippen molar-refractivity contribution in [2.75, 3.05) is 18.4 Å². The summed E-state index contributed by atoms with van der Waals surface area (Å²) in [6.45, 7) is 2.54. The average Bonchev–Trinajstić information content (AvgIpc) is 2.99. The van der Waals surface area contributed by atoms with Crippen LogP contribution in [0, 0.1) is 0 Å². The third kappa shape index (κ3) is 3.55. The summed E-state index contributed by atoms with van der Waals surface area (Å²) >= 11 is 6.45. The second-order valence-corrected chi connectivity index (χ2v) is 6.62. The van der Waals surface area contributed by atoms with Crippen molar-refractivity contribution in [3.05, 3.63) is 70.4 Å². The molecular formula is C20H20ClN3O. The molecule has 5 heteroatoms. The number of nitrogens with zero attached hydrogens (tertiary/aromatic N) is 1. The molecule has 2 heterocycles. The Hall–Kier alpha value is -2.30. The van der Waals surface area contributed by atoms with Gasteiger partial charge in [0.1, 0.15) is 5.69 Å². The summed E-state index contributed by atoms with van der Waals surface area (Å²) in [7, 11) is 0. The van der Waals surface area contributed by atoms with Gasteiger partial charge in [0.2, 0.25) is 0 Å². The Morgan fingerprint density at radius 2 is 1.92 bits per heavy atom. The van der Waals surface area contributed by atoms with Gasteiger partial charge in [-0.25, -0.2) is 0 Å². The van der Waals surface area contributed by atoms with Crippen LogP contribution < -0.4 is 10.6 Å². The maximum atomic E-state index is 6.45. The minimum absolute atomic E-state index is 0.559. The van der Waals surface area contributed by atoms with Crippen molar-refractivity contribution in [1.82, 2.24) is 10.5 Å². The van der Waals surface area contributed by atoms with Crippen LogP contribution in [-0.4, -0.2) is 18.2 Å². The van der Waals surface area contributed by atoms with E-state index in [0.717, 1.165) is 53.7 Å². The molecule has 0 unspecified atom stereocenters. The number of rotatable bonds is 4. The van der Waals surface area contributed by atoms with E-state index in [2.05, 4.69) is 21.9 Å². The molecular weight excluding hydrogens is 334 g/mol. The monoisotopic (exact) mass is 353 g/mol. The first-order chi connectivity index (χ1) is 12.3. The first-order valence-electron chi connectivity index (χ1n) is 8.57. The van der Waals surface area contributed by atoms with E-state index >= 15 is 0 Å². The Kier molecular flexibility index (Phi) is 4.72. The van der Waals surface area contributed by atoms with Crippen LogP contribution in [0.25, 0.3) is 11.3 Å². The normalized spacial score (nSPS) is 14.0. The molecule has 3 aromatic rings. The molecule has 4 rings (SSSR count). The molecule has 4 nitrogen and oxygen atoms in total. The molecule has 0 aliphatic carbocycles. The molecule has 2 N–H and O–H groups in total. The summed E-state index contributed by atoms with van der Waals surface area (Å²) in [5.41, 5.74) is 5.58. The second-order valence-electron chi connectivity index (χ2n) is 6.21. The number of benzene rings is 2. The van der Waals surface area contributed by atoms with Crippen molar-refractivity contribution >= 4 is 17.3 Å². The number of aromatic nitrogens is 1. The predicted molar refractivity (Wildman–Crippen MR) is 101 cm³/mol. The summed E-state index contributed by atoms with van der Waals surface area (Å²) in [4.78, 5) is 0. The molecule has 2 aromatic carbocycles. The molecule has 1 aliphatic rings. The van der Waals surface area contributed by atoms with E-state index < -0.39 is 0 Å². The van der Waals surface area contributed by atoms with Crippen LogP contribution in [0.2, 0.25) is 5.02 Å². The first-order valence-corrected chi connectivity index (χ1v) is 8.95. The Balaban J connectivity index is 1.53. The van der Waals surface area contributed by atoms with E-state index in [1.807, 2.05) is 42.5 Å². The standard InChI is InChI=1S/C20H20ClN3O/c21-18-7-6-14-8-10-22-11-9-17(14)20(18)23-13-16-12-19(24-25-16)15-4-2-1-3-5-15/h1-7,12,22-23H,8-11,13H2. The number of anilines is 1. The molecule has 0 amide bonds. The fourth-order valence-corrected chi connectivity index (χ4v) is 3.50. The van der Waals surface area contributed by atoms with Crippen molar-refractivity contribution in [3.63, 3.8) is 0 Å². The van der Waals surface area contributed by atoms with E-state index in [1.54, 1.807) is 0 Å². The molecule has 0 fully saturated rings. The Morgan fingerprint density at radius 1 is 1.08 bits per heavy atom. The molecule has 1 aliphatic heterocycles. The van der Waals surface area contributed by atoms with Crippen LogP contribution in [0.3, 0.4) is 0 Å². The third-order valence-corrected chi connectivity index (χ3v) is 4.86. The lowest BCUT2D eigenvalue weighted by atomic mass is 10.0. The zero-order chi connectivity index (χ0) is 17.1. The fourth-order valence-electron chi connectivity index (χ4n) is 3.25. The van der Waals surface area contributed by atoms with Crippen LogP contribution in [0.5, 0.6) is 0 Å². The maximum absolute atomic E-state index is 6.45. The lowest BCUT2D eigenvalue weighted by molar-refractivity contribution is 0.390. The number of hydrogen-bond donors (Lipinski definition) is 2. The van der Waals surface area contributed by atoms with Gasteiger partial charge in [-0.15, -0.1) is 0 Å². The average molecular weight is 354 g/mol. The summed E-state index contributed by atoms with van der Waals surface area (Å²) < 4.78 is 5.48. The summed E-state index contributed by atoms with van der Waals surface area (Å²) in [5, 5.41) is 11.8. The zero-order valence-corrected chi connectivity index (χ0v) is 14.6. The SMILES string of the molecule is Clc1ccc2c(c1NCc1cc(-c3ccccc3)no1)CCNCC2. The molecule has 0 saturated carbocycles. The molecule has 0 radical (unpaired) electrons. The summed E-state index contributed by atoms with van der Waals surface area (Å²) in [6, 6.07) is 16.1. The van der Waals surface area contributed by atoms with Gasteiger partial charge in [0.15, 0.2) is 5.76 Å². The largest absolute Gasteiger partial charge is 0.376 e. The van der Waals surface area contributed by atoms with Gasteiger partial charge in [-0.3, -0.25) is 0 Å². The number of fused-ring (bicyclic) bond motifs is 1. The molecule has 0 spiro atoms. The summed E-state index contributed by atoms with van der Waals surface area (Å²) in [6.07, 6.45) is 2.01. The highest BCUT2D eigenvalue weighted by Gasteiger charge is 2.15. The molecule has 0 atom stereocenters. The van der Waals surface area contributed by atoms with Crippen LogP contribution in [-0.2, 0) is 19.4 Å². The molecule has 1 aromatic heterocycles. The van der Waals surface area contributed by atoms with E-state index in [-0.39, 0.29) is 0 Å². The highest BCUT2D eigenvalue weighted by Crippen LogP contribution is 2.31. The lowest BCUT2D eigenvalue weighted by Crippen LogP contribution is -2.16. The van der Waals surface area contributed by atoms with Crippen LogP contribution >= 0.6 is 11.6 Å². The molecule has 0 saturated heterocycles. The lowest BCUT2D eigenvalue weighted by Gasteiger charge is -2.15.